The Labute approximate surface area is 122 Å². The Hall–Kier alpha value is -1.77. The number of hydrogen-bond donors (Lipinski definition) is 1. The first-order chi connectivity index (χ1) is 9.45. The summed E-state index contributed by atoms with van der Waals surface area (Å²) >= 11 is 0. The van der Waals surface area contributed by atoms with Crippen LogP contribution in [0.25, 0.3) is 0 Å². The second-order valence-electron chi connectivity index (χ2n) is 5.46. The van der Waals surface area contributed by atoms with E-state index in [0.29, 0.717) is 25.6 Å². The maximum absolute atomic E-state index is 12.2. The van der Waals surface area contributed by atoms with Crippen LogP contribution in [0, 0.1) is 0 Å². The molecule has 0 atom stereocenters. The standard InChI is InChI=1S/C17H26N2O/c1-6-19(12-13(2)3)17(20)11-18-16-10-8-7-9-15(16)14(4)5/h7-10,14,18H,2,6,11-12H2,1,3-5H3. The lowest BCUT2D eigenvalue weighted by molar-refractivity contribution is -0.128. The topological polar surface area (TPSA) is 32.3 Å². The molecule has 0 spiro atoms. The molecule has 0 aliphatic rings. The normalized spacial score (nSPS) is 10.4. The maximum atomic E-state index is 12.2. The van der Waals surface area contributed by atoms with E-state index in [0.717, 1.165) is 11.3 Å². The molecule has 0 radical (unpaired) electrons. The van der Waals surface area contributed by atoms with Gasteiger partial charge < -0.3 is 10.2 Å². The van der Waals surface area contributed by atoms with Gasteiger partial charge in [0.2, 0.25) is 5.91 Å². The van der Waals surface area contributed by atoms with Gasteiger partial charge in [0.05, 0.1) is 6.54 Å². The molecule has 20 heavy (non-hydrogen) atoms. The molecule has 0 aliphatic carbocycles. The number of nitrogens with zero attached hydrogens (tertiary/aromatic N) is 1. The van der Waals surface area contributed by atoms with Crippen LogP contribution in [0.15, 0.2) is 36.4 Å². The molecule has 1 aromatic rings. The van der Waals surface area contributed by atoms with Crippen LogP contribution in [0.4, 0.5) is 5.69 Å². The van der Waals surface area contributed by atoms with Crippen LogP contribution in [0.2, 0.25) is 0 Å². The number of benzene rings is 1. The van der Waals surface area contributed by atoms with Crippen molar-refractivity contribution in [3.05, 3.63) is 42.0 Å². The summed E-state index contributed by atoms with van der Waals surface area (Å²) in [4.78, 5) is 14.0. The van der Waals surface area contributed by atoms with Crippen LogP contribution in [0.1, 0.15) is 39.2 Å². The average Bonchev–Trinajstić information content (AvgIpc) is 2.42. The molecular weight excluding hydrogens is 248 g/mol. The number of carbonyl (C=O) groups excluding carboxylic acids is 1. The van der Waals surface area contributed by atoms with Crippen LogP contribution >= 0.6 is 0 Å². The molecule has 0 unspecified atom stereocenters. The lowest BCUT2D eigenvalue weighted by Gasteiger charge is -2.22. The number of anilines is 1. The van der Waals surface area contributed by atoms with Crippen molar-refractivity contribution in [1.82, 2.24) is 4.90 Å². The molecule has 3 heteroatoms. The number of para-hydroxylation sites is 1. The summed E-state index contributed by atoms with van der Waals surface area (Å²) in [5.41, 5.74) is 3.29. The van der Waals surface area contributed by atoms with E-state index in [1.165, 1.54) is 5.56 Å². The number of likely N-dealkylation sites (N-methyl/N-ethyl adjacent to an activating group) is 1. The van der Waals surface area contributed by atoms with Gasteiger partial charge in [-0.3, -0.25) is 4.79 Å². The molecule has 0 aliphatic heterocycles. The number of amides is 1. The lowest BCUT2D eigenvalue weighted by atomic mass is 10.0. The molecule has 0 saturated carbocycles. The second kappa shape index (κ2) is 7.73. The van der Waals surface area contributed by atoms with Crippen molar-refractivity contribution in [1.29, 1.82) is 0 Å². The van der Waals surface area contributed by atoms with Crippen molar-refractivity contribution in [3.63, 3.8) is 0 Å². The van der Waals surface area contributed by atoms with Crippen LogP contribution < -0.4 is 5.32 Å². The van der Waals surface area contributed by atoms with Gasteiger partial charge in [0.15, 0.2) is 0 Å². The second-order valence-corrected chi connectivity index (χ2v) is 5.46. The van der Waals surface area contributed by atoms with Gasteiger partial charge in [-0.2, -0.15) is 0 Å². The Kier molecular flexibility index (Phi) is 6.29. The lowest BCUT2D eigenvalue weighted by Crippen LogP contribution is -2.36. The number of nitrogens with one attached hydrogen (secondary N) is 1. The third-order valence-corrected chi connectivity index (χ3v) is 3.21. The van der Waals surface area contributed by atoms with Gasteiger partial charge in [0, 0.05) is 18.8 Å². The molecule has 0 fully saturated rings. The highest BCUT2D eigenvalue weighted by atomic mass is 16.2. The number of hydrogen-bond acceptors (Lipinski definition) is 2. The zero-order valence-electron chi connectivity index (χ0n) is 13.1. The quantitative estimate of drug-likeness (QED) is 0.770. The minimum Gasteiger partial charge on any atom is -0.376 e. The SMILES string of the molecule is C=C(C)CN(CC)C(=O)CNc1ccccc1C(C)C. The highest BCUT2D eigenvalue weighted by molar-refractivity contribution is 5.81. The van der Waals surface area contributed by atoms with Gasteiger partial charge in [-0.05, 0) is 31.4 Å². The molecular formula is C17H26N2O. The van der Waals surface area contributed by atoms with Crippen molar-refractivity contribution >= 4 is 11.6 Å². The minimum absolute atomic E-state index is 0.106. The first-order valence-electron chi connectivity index (χ1n) is 7.20. The fourth-order valence-electron chi connectivity index (χ4n) is 2.15. The van der Waals surface area contributed by atoms with Gasteiger partial charge in [0.25, 0.3) is 0 Å². The van der Waals surface area contributed by atoms with Gasteiger partial charge in [-0.25, -0.2) is 0 Å². The van der Waals surface area contributed by atoms with Crippen LogP contribution in [-0.2, 0) is 4.79 Å². The largest absolute Gasteiger partial charge is 0.376 e. The molecule has 1 amide bonds. The highest BCUT2D eigenvalue weighted by Crippen LogP contribution is 2.23. The van der Waals surface area contributed by atoms with E-state index in [1.54, 1.807) is 0 Å². The first-order valence-corrected chi connectivity index (χ1v) is 7.20. The zero-order valence-corrected chi connectivity index (χ0v) is 13.1. The molecule has 110 valence electrons. The van der Waals surface area contributed by atoms with Gasteiger partial charge in [-0.1, -0.05) is 44.2 Å². The van der Waals surface area contributed by atoms with Crippen LogP contribution in [0.3, 0.4) is 0 Å². The summed E-state index contributed by atoms with van der Waals surface area (Å²) in [5.74, 6) is 0.542. The van der Waals surface area contributed by atoms with E-state index >= 15 is 0 Å². The molecule has 3 nitrogen and oxygen atoms in total. The molecule has 0 heterocycles. The van der Waals surface area contributed by atoms with Gasteiger partial charge in [0.1, 0.15) is 0 Å². The monoisotopic (exact) mass is 274 g/mol. The van der Waals surface area contributed by atoms with Crippen molar-refractivity contribution in [2.45, 2.75) is 33.6 Å². The first kappa shape index (κ1) is 16.3. The zero-order chi connectivity index (χ0) is 15.1. The van der Waals surface area contributed by atoms with Crippen molar-refractivity contribution in [2.75, 3.05) is 25.0 Å². The predicted molar refractivity (Wildman–Crippen MR) is 86.1 cm³/mol. The van der Waals surface area contributed by atoms with Crippen molar-refractivity contribution in [2.24, 2.45) is 0 Å². The summed E-state index contributed by atoms with van der Waals surface area (Å²) < 4.78 is 0. The van der Waals surface area contributed by atoms with Crippen molar-refractivity contribution in [3.8, 4) is 0 Å². The molecule has 1 aromatic carbocycles. The number of rotatable bonds is 7. The predicted octanol–water partition coefficient (Wildman–Crippen LogP) is 3.65. The van der Waals surface area contributed by atoms with Crippen LogP contribution in [-0.4, -0.2) is 30.4 Å². The molecule has 1 N–H and O–H groups in total. The van der Waals surface area contributed by atoms with Gasteiger partial charge >= 0.3 is 0 Å². The smallest absolute Gasteiger partial charge is 0.242 e. The summed E-state index contributed by atoms with van der Waals surface area (Å²) in [5, 5.41) is 3.26. The molecule has 0 bridgehead atoms. The molecule has 0 aromatic heterocycles. The summed E-state index contributed by atoms with van der Waals surface area (Å²) in [7, 11) is 0. The maximum Gasteiger partial charge on any atom is 0.242 e. The number of carbonyl (C=O) groups is 1. The van der Waals surface area contributed by atoms with E-state index in [-0.39, 0.29) is 5.91 Å². The summed E-state index contributed by atoms with van der Waals surface area (Å²) in [6, 6.07) is 8.15. The highest BCUT2D eigenvalue weighted by Gasteiger charge is 2.12. The van der Waals surface area contributed by atoms with Gasteiger partial charge in [-0.15, -0.1) is 0 Å². The Bertz CT molecular complexity index is 466. The average molecular weight is 274 g/mol. The Morgan fingerprint density at radius 3 is 2.55 bits per heavy atom. The van der Waals surface area contributed by atoms with Crippen molar-refractivity contribution < 1.29 is 4.79 Å². The third kappa shape index (κ3) is 4.72. The Balaban J connectivity index is 2.67. The van der Waals surface area contributed by atoms with E-state index in [2.05, 4.69) is 31.8 Å². The minimum atomic E-state index is 0.106. The van der Waals surface area contributed by atoms with E-state index in [1.807, 2.05) is 36.9 Å². The fourth-order valence-corrected chi connectivity index (χ4v) is 2.15. The van der Waals surface area contributed by atoms with Crippen LogP contribution in [0.5, 0.6) is 0 Å². The third-order valence-electron chi connectivity index (χ3n) is 3.21. The van der Waals surface area contributed by atoms with E-state index in [4.69, 9.17) is 0 Å². The van der Waals surface area contributed by atoms with E-state index < -0.39 is 0 Å². The Morgan fingerprint density at radius 1 is 1.35 bits per heavy atom. The molecule has 1 rings (SSSR count). The summed E-state index contributed by atoms with van der Waals surface area (Å²) in [6.45, 7) is 13.8. The van der Waals surface area contributed by atoms with E-state index in [9.17, 15) is 4.79 Å². The Morgan fingerprint density at radius 2 is 2.00 bits per heavy atom. The molecule has 0 saturated heterocycles. The fraction of sp³-hybridized carbons (Fsp3) is 0.471. The summed E-state index contributed by atoms with van der Waals surface area (Å²) in [6.07, 6.45) is 0.